The average Bonchev–Trinajstić information content (AvgIpc) is 3.04. The molecular weight excluding hydrogens is 330 g/mol. The fraction of sp³-hybridized carbons (Fsp3) is 0.0588. The van der Waals surface area contributed by atoms with Gasteiger partial charge in [-0.3, -0.25) is 4.72 Å². The van der Waals surface area contributed by atoms with E-state index in [-0.39, 0.29) is 10.6 Å². The molecule has 0 saturated heterocycles. The summed E-state index contributed by atoms with van der Waals surface area (Å²) in [6, 6.07) is 15.5. The first kappa shape index (κ1) is 15.6. The predicted octanol–water partition coefficient (Wildman–Crippen LogP) is 4.23. The molecule has 6 heteroatoms. The summed E-state index contributed by atoms with van der Waals surface area (Å²) in [5, 5.41) is 11.8. The summed E-state index contributed by atoms with van der Waals surface area (Å²) in [6.07, 6.45) is 0. The second-order valence-corrected chi connectivity index (χ2v) is 7.70. The van der Waals surface area contributed by atoms with Crippen LogP contribution in [0.15, 0.2) is 64.9 Å². The Labute approximate surface area is 139 Å². The van der Waals surface area contributed by atoms with E-state index in [2.05, 4.69) is 4.72 Å². The van der Waals surface area contributed by atoms with Gasteiger partial charge in [-0.25, -0.2) is 8.42 Å². The summed E-state index contributed by atoms with van der Waals surface area (Å²) in [7, 11) is -3.88. The third-order valence-electron chi connectivity index (χ3n) is 3.36. The first-order valence-electron chi connectivity index (χ1n) is 6.93. The van der Waals surface area contributed by atoms with Crippen LogP contribution in [-0.2, 0) is 10.0 Å². The lowest BCUT2D eigenvalue weighted by Crippen LogP contribution is -2.14. The van der Waals surface area contributed by atoms with Crippen LogP contribution in [-0.4, -0.2) is 13.5 Å². The van der Waals surface area contributed by atoms with E-state index in [0.717, 1.165) is 16.0 Å². The van der Waals surface area contributed by atoms with Crippen molar-refractivity contribution in [3.05, 3.63) is 65.5 Å². The molecule has 0 aliphatic rings. The van der Waals surface area contributed by atoms with E-state index in [1.54, 1.807) is 25.1 Å². The molecule has 118 valence electrons. The van der Waals surface area contributed by atoms with Crippen LogP contribution in [0.3, 0.4) is 0 Å². The van der Waals surface area contributed by atoms with Crippen molar-refractivity contribution in [3.63, 3.8) is 0 Å². The van der Waals surface area contributed by atoms with Crippen molar-refractivity contribution >= 4 is 27.0 Å². The molecule has 2 N–H and O–H groups in total. The quantitative estimate of drug-likeness (QED) is 0.743. The molecule has 0 aliphatic carbocycles. The molecule has 0 aliphatic heterocycles. The molecule has 23 heavy (non-hydrogen) atoms. The molecule has 1 aromatic heterocycles. The molecular formula is C17H15NO3S2. The summed E-state index contributed by atoms with van der Waals surface area (Å²) in [5.74, 6) is -0.267. The Bertz CT molecular complexity index is 932. The lowest BCUT2D eigenvalue weighted by Gasteiger charge is -2.13. The minimum absolute atomic E-state index is 0.126. The number of nitrogens with one attached hydrogen (secondary N) is 1. The maximum Gasteiger partial charge on any atom is 0.265 e. The van der Waals surface area contributed by atoms with Crippen LogP contribution in [0.5, 0.6) is 5.75 Å². The zero-order valence-electron chi connectivity index (χ0n) is 12.4. The maximum absolute atomic E-state index is 12.6. The van der Waals surface area contributed by atoms with Crippen LogP contribution in [0.4, 0.5) is 5.69 Å². The van der Waals surface area contributed by atoms with Crippen LogP contribution in [0.25, 0.3) is 10.4 Å². The van der Waals surface area contributed by atoms with Gasteiger partial charge in [-0.15, -0.1) is 11.3 Å². The van der Waals surface area contributed by atoms with Gasteiger partial charge in [0.1, 0.15) is 10.6 Å². The van der Waals surface area contributed by atoms with E-state index in [9.17, 15) is 13.5 Å². The number of hydrogen-bond donors (Lipinski definition) is 2. The number of phenolic OH excluding ortho intramolecular Hbond substituents is 1. The zero-order valence-corrected chi connectivity index (χ0v) is 14.0. The van der Waals surface area contributed by atoms with Crippen LogP contribution >= 0.6 is 11.3 Å². The van der Waals surface area contributed by atoms with Crippen molar-refractivity contribution in [2.75, 3.05) is 4.72 Å². The standard InChI is InChI=1S/C17H15NO3S2/c1-12-8-9-15(19)17(11-12)23(20,21)18-14-6-3-2-5-13(14)16-7-4-10-22-16/h2-11,18-19H,1H3. The summed E-state index contributed by atoms with van der Waals surface area (Å²) < 4.78 is 27.8. The van der Waals surface area contributed by atoms with Crippen molar-refractivity contribution in [2.24, 2.45) is 0 Å². The van der Waals surface area contributed by atoms with Crippen molar-refractivity contribution < 1.29 is 13.5 Å². The smallest absolute Gasteiger partial charge is 0.265 e. The molecule has 3 rings (SSSR count). The van der Waals surface area contributed by atoms with Crippen molar-refractivity contribution in [1.82, 2.24) is 0 Å². The Balaban J connectivity index is 2.04. The Morgan fingerprint density at radius 2 is 1.83 bits per heavy atom. The van der Waals surface area contributed by atoms with Crippen LogP contribution < -0.4 is 4.72 Å². The highest BCUT2D eigenvalue weighted by Crippen LogP contribution is 2.33. The largest absolute Gasteiger partial charge is 0.507 e. The number of aromatic hydroxyl groups is 1. The summed E-state index contributed by atoms with van der Waals surface area (Å²) in [4.78, 5) is 0.843. The molecule has 0 bridgehead atoms. The maximum atomic E-state index is 12.6. The first-order chi connectivity index (χ1) is 11.0. The summed E-state index contributed by atoms with van der Waals surface area (Å²) in [5.41, 5.74) is 2.05. The van der Waals surface area contributed by atoms with Gasteiger partial charge in [0.25, 0.3) is 10.0 Å². The van der Waals surface area contributed by atoms with Gasteiger partial charge in [0.05, 0.1) is 5.69 Å². The van der Waals surface area contributed by atoms with Gasteiger partial charge in [0.2, 0.25) is 0 Å². The van der Waals surface area contributed by atoms with E-state index < -0.39 is 10.0 Å². The minimum atomic E-state index is -3.88. The second kappa shape index (κ2) is 6.06. The van der Waals surface area contributed by atoms with Crippen molar-refractivity contribution in [3.8, 4) is 16.2 Å². The van der Waals surface area contributed by atoms with E-state index >= 15 is 0 Å². The molecule has 3 aromatic rings. The minimum Gasteiger partial charge on any atom is -0.507 e. The normalized spacial score (nSPS) is 11.3. The number of para-hydroxylation sites is 1. The van der Waals surface area contributed by atoms with Gasteiger partial charge in [-0.2, -0.15) is 0 Å². The fourth-order valence-electron chi connectivity index (χ4n) is 2.26. The van der Waals surface area contributed by atoms with Gasteiger partial charge in [-0.05, 0) is 42.1 Å². The lowest BCUT2D eigenvalue weighted by molar-refractivity contribution is 0.459. The van der Waals surface area contributed by atoms with Crippen LogP contribution in [0.2, 0.25) is 0 Å². The topological polar surface area (TPSA) is 66.4 Å². The van der Waals surface area contributed by atoms with Gasteiger partial charge < -0.3 is 5.11 Å². The fourth-order valence-corrected chi connectivity index (χ4v) is 4.28. The van der Waals surface area contributed by atoms with Crippen molar-refractivity contribution in [2.45, 2.75) is 11.8 Å². The number of phenols is 1. The highest BCUT2D eigenvalue weighted by Gasteiger charge is 2.20. The van der Waals surface area contributed by atoms with Gasteiger partial charge >= 0.3 is 0 Å². The highest BCUT2D eigenvalue weighted by atomic mass is 32.2. The number of benzene rings is 2. The van der Waals surface area contributed by atoms with Crippen LogP contribution in [0, 0.1) is 6.92 Å². The van der Waals surface area contributed by atoms with Gasteiger partial charge in [0, 0.05) is 10.4 Å². The average molecular weight is 345 g/mol. The van der Waals surface area contributed by atoms with Crippen LogP contribution in [0.1, 0.15) is 5.56 Å². The third kappa shape index (κ3) is 3.23. The molecule has 0 radical (unpaired) electrons. The molecule has 0 spiro atoms. The molecule has 4 nitrogen and oxygen atoms in total. The van der Waals surface area contributed by atoms with E-state index in [0.29, 0.717) is 5.69 Å². The Morgan fingerprint density at radius 3 is 2.57 bits per heavy atom. The second-order valence-electron chi connectivity index (χ2n) is 5.10. The molecule has 2 aromatic carbocycles. The molecule has 0 fully saturated rings. The number of thiophene rings is 1. The van der Waals surface area contributed by atoms with Crippen molar-refractivity contribution in [1.29, 1.82) is 0 Å². The first-order valence-corrected chi connectivity index (χ1v) is 9.29. The number of sulfonamides is 1. The molecule has 0 atom stereocenters. The zero-order chi connectivity index (χ0) is 16.4. The van der Waals surface area contributed by atoms with E-state index in [1.807, 2.05) is 29.6 Å². The number of rotatable bonds is 4. The molecule has 0 amide bonds. The Morgan fingerprint density at radius 1 is 1.04 bits per heavy atom. The molecule has 0 unspecified atom stereocenters. The number of hydrogen-bond acceptors (Lipinski definition) is 4. The SMILES string of the molecule is Cc1ccc(O)c(S(=O)(=O)Nc2ccccc2-c2cccs2)c1. The Hall–Kier alpha value is -2.31. The Kier molecular flexibility index (Phi) is 4.11. The summed E-state index contributed by atoms with van der Waals surface area (Å²) >= 11 is 1.53. The van der Waals surface area contributed by atoms with E-state index in [1.165, 1.54) is 23.5 Å². The van der Waals surface area contributed by atoms with Gasteiger partial charge in [-0.1, -0.05) is 30.3 Å². The third-order valence-corrected chi connectivity index (χ3v) is 5.66. The monoisotopic (exact) mass is 345 g/mol. The predicted molar refractivity (Wildman–Crippen MR) is 93.4 cm³/mol. The lowest BCUT2D eigenvalue weighted by atomic mass is 10.1. The van der Waals surface area contributed by atoms with E-state index in [4.69, 9.17) is 0 Å². The highest BCUT2D eigenvalue weighted by molar-refractivity contribution is 7.92. The van der Waals surface area contributed by atoms with Gasteiger partial charge in [0.15, 0.2) is 0 Å². The number of aryl methyl sites for hydroxylation is 1. The molecule has 1 heterocycles. The number of anilines is 1. The molecule has 0 saturated carbocycles. The summed E-state index contributed by atoms with van der Waals surface area (Å²) in [6.45, 7) is 1.78.